The Hall–Kier alpha value is -1.82. The van der Waals surface area contributed by atoms with Gasteiger partial charge in [0, 0.05) is 25.2 Å². The highest BCUT2D eigenvalue weighted by Crippen LogP contribution is 2.32. The van der Waals surface area contributed by atoms with Crippen LogP contribution in [0, 0.1) is 16.0 Å². The minimum absolute atomic E-state index is 0.0469. The van der Waals surface area contributed by atoms with E-state index in [2.05, 4.69) is 0 Å². The molecule has 1 aliphatic heterocycles. The van der Waals surface area contributed by atoms with Crippen molar-refractivity contribution in [3.05, 3.63) is 33.3 Å². The van der Waals surface area contributed by atoms with Gasteiger partial charge in [-0.05, 0) is 12.5 Å². The van der Waals surface area contributed by atoms with Crippen LogP contribution in [0.25, 0.3) is 0 Å². The normalized spacial score (nSPS) is 18.9. The quantitative estimate of drug-likeness (QED) is 0.666. The summed E-state index contributed by atoms with van der Waals surface area (Å²) in [5.41, 5.74) is 5.91. The van der Waals surface area contributed by atoms with E-state index in [1.165, 1.54) is 12.1 Å². The fraction of sp³-hybridized carbons (Fsp3) is 0.364. The van der Waals surface area contributed by atoms with Gasteiger partial charge in [0.25, 0.3) is 5.69 Å². The van der Waals surface area contributed by atoms with Gasteiger partial charge in [-0.15, -0.1) is 0 Å². The molecule has 2 N–H and O–H groups in total. The first kappa shape index (κ1) is 12.6. The van der Waals surface area contributed by atoms with Crippen molar-refractivity contribution >= 4 is 28.9 Å². The summed E-state index contributed by atoms with van der Waals surface area (Å²) in [5, 5.41) is 10.9. The predicted octanol–water partition coefficient (Wildman–Crippen LogP) is 1.56. The minimum atomic E-state index is -0.494. The number of nitro benzene ring substituents is 1. The van der Waals surface area contributed by atoms with E-state index < -0.39 is 4.92 Å². The summed E-state index contributed by atoms with van der Waals surface area (Å²) < 4.78 is 0. The number of primary amides is 1. The molecule has 1 aliphatic rings. The highest BCUT2D eigenvalue weighted by molar-refractivity contribution is 6.33. The van der Waals surface area contributed by atoms with Gasteiger partial charge in [0.1, 0.15) is 0 Å². The Labute approximate surface area is 108 Å². The van der Waals surface area contributed by atoms with E-state index in [9.17, 15) is 14.9 Å². The third kappa shape index (κ3) is 2.38. The number of amides is 1. The smallest absolute Gasteiger partial charge is 0.271 e. The molecule has 0 aromatic heterocycles. The molecule has 1 saturated heterocycles. The first-order valence-corrected chi connectivity index (χ1v) is 5.85. The number of rotatable bonds is 3. The Bertz CT molecular complexity index is 506. The lowest BCUT2D eigenvalue weighted by molar-refractivity contribution is -0.384. The van der Waals surface area contributed by atoms with Gasteiger partial charge >= 0.3 is 0 Å². The number of benzene rings is 1. The van der Waals surface area contributed by atoms with Gasteiger partial charge in [0.2, 0.25) is 5.91 Å². The first-order chi connectivity index (χ1) is 8.49. The van der Waals surface area contributed by atoms with E-state index in [-0.39, 0.29) is 17.5 Å². The summed E-state index contributed by atoms with van der Waals surface area (Å²) in [6.07, 6.45) is 0.683. The number of carbonyl (C=O) groups is 1. The number of halogens is 1. The maximum absolute atomic E-state index is 11.1. The third-order valence-electron chi connectivity index (χ3n) is 3.07. The van der Waals surface area contributed by atoms with Crippen LogP contribution in [0.3, 0.4) is 0 Å². The van der Waals surface area contributed by atoms with Gasteiger partial charge in [0.05, 0.1) is 21.6 Å². The average Bonchev–Trinajstić information content (AvgIpc) is 2.78. The molecule has 1 unspecified atom stereocenters. The lowest BCUT2D eigenvalue weighted by atomic mass is 10.1. The average molecular weight is 270 g/mol. The van der Waals surface area contributed by atoms with Crippen LogP contribution >= 0.6 is 11.6 Å². The maximum atomic E-state index is 11.1. The molecular formula is C11H12ClN3O3. The van der Waals surface area contributed by atoms with E-state index in [0.29, 0.717) is 30.2 Å². The monoisotopic (exact) mass is 269 g/mol. The number of hydrogen-bond donors (Lipinski definition) is 1. The Morgan fingerprint density at radius 1 is 1.56 bits per heavy atom. The number of carbonyl (C=O) groups excluding carboxylic acids is 1. The Morgan fingerprint density at radius 2 is 2.28 bits per heavy atom. The molecule has 0 aliphatic carbocycles. The minimum Gasteiger partial charge on any atom is -0.369 e. The number of anilines is 1. The Balaban J connectivity index is 2.20. The van der Waals surface area contributed by atoms with Crippen molar-refractivity contribution < 1.29 is 9.72 Å². The van der Waals surface area contributed by atoms with Crippen LogP contribution in [0.1, 0.15) is 6.42 Å². The van der Waals surface area contributed by atoms with Crippen LogP contribution in [0.15, 0.2) is 18.2 Å². The SMILES string of the molecule is NC(=O)C1CCN(c2ccc([N+](=O)[O-])cc2Cl)C1. The molecule has 0 saturated carbocycles. The van der Waals surface area contributed by atoms with Crippen LogP contribution in [0.4, 0.5) is 11.4 Å². The summed E-state index contributed by atoms with van der Waals surface area (Å²) in [7, 11) is 0. The molecule has 0 bridgehead atoms. The van der Waals surface area contributed by atoms with E-state index >= 15 is 0 Å². The fourth-order valence-electron chi connectivity index (χ4n) is 2.08. The largest absolute Gasteiger partial charge is 0.369 e. The van der Waals surface area contributed by atoms with E-state index in [0.717, 1.165) is 0 Å². The highest BCUT2D eigenvalue weighted by Gasteiger charge is 2.28. The molecule has 2 rings (SSSR count). The lowest BCUT2D eigenvalue weighted by Gasteiger charge is -2.19. The number of nitro groups is 1. The van der Waals surface area contributed by atoms with E-state index in [1.54, 1.807) is 6.07 Å². The van der Waals surface area contributed by atoms with Crippen molar-refractivity contribution in [1.82, 2.24) is 0 Å². The zero-order valence-corrected chi connectivity index (χ0v) is 10.3. The van der Waals surface area contributed by atoms with Gasteiger partial charge in [-0.1, -0.05) is 11.6 Å². The van der Waals surface area contributed by atoms with Gasteiger partial charge in [-0.2, -0.15) is 0 Å². The van der Waals surface area contributed by atoms with Gasteiger partial charge in [-0.25, -0.2) is 0 Å². The van der Waals surface area contributed by atoms with Crippen molar-refractivity contribution in [2.24, 2.45) is 11.7 Å². The van der Waals surface area contributed by atoms with Crippen LogP contribution in [0.5, 0.6) is 0 Å². The first-order valence-electron chi connectivity index (χ1n) is 5.47. The molecule has 1 fully saturated rings. The molecule has 1 atom stereocenters. The molecule has 7 heteroatoms. The zero-order valence-electron chi connectivity index (χ0n) is 9.51. The summed E-state index contributed by atoms with van der Waals surface area (Å²) >= 11 is 6.02. The molecule has 1 amide bonds. The van der Waals surface area contributed by atoms with Gasteiger partial charge in [-0.3, -0.25) is 14.9 Å². The van der Waals surface area contributed by atoms with E-state index in [4.69, 9.17) is 17.3 Å². The maximum Gasteiger partial charge on any atom is 0.271 e. The highest BCUT2D eigenvalue weighted by atomic mass is 35.5. The zero-order chi connectivity index (χ0) is 13.3. The van der Waals surface area contributed by atoms with Crippen molar-refractivity contribution in [3.63, 3.8) is 0 Å². The Morgan fingerprint density at radius 3 is 2.78 bits per heavy atom. The summed E-state index contributed by atoms with van der Waals surface area (Å²) in [6, 6.07) is 4.32. The number of hydrogen-bond acceptors (Lipinski definition) is 4. The molecule has 6 nitrogen and oxygen atoms in total. The van der Waals surface area contributed by atoms with Gasteiger partial charge in [0.15, 0.2) is 0 Å². The number of nitrogens with zero attached hydrogens (tertiary/aromatic N) is 2. The van der Waals surface area contributed by atoms with Crippen LogP contribution in [-0.4, -0.2) is 23.9 Å². The second-order valence-corrected chi connectivity index (χ2v) is 4.63. The number of nitrogens with two attached hydrogens (primary N) is 1. The lowest BCUT2D eigenvalue weighted by Crippen LogP contribution is -2.27. The molecule has 1 aromatic carbocycles. The van der Waals surface area contributed by atoms with E-state index in [1.807, 2.05) is 4.90 Å². The molecular weight excluding hydrogens is 258 g/mol. The molecule has 1 heterocycles. The van der Waals surface area contributed by atoms with Crippen molar-refractivity contribution in [2.45, 2.75) is 6.42 Å². The molecule has 0 radical (unpaired) electrons. The van der Waals surface area contributed by atoms with Crippen LogP contribution < -0.4 is 10.6 Å². The fourth-order valence-corrected chi connectivity index (χ4v) is 2.37. The predicted molar refractivity (Wildman–Crippen MR) is 67.6 cm³/mol. The second kappa shape index (κ2) is 4.81. The standard InChI is InChI=1S/C11H12ClN3O3/c12-9-5-8(15(17)18)1-2-10(9)14-4-3-7(6-14)11(13)16/h1-2,5,7H,3-4,6H2,(H2,13,16). The van der Waals surface area contributed by atoms with Crippen molar-refractivity contribution in [2.75, 3.05) is 18.0 Å². The van der Waals surface area contributed by atoms with Gasteiger partial charge < -0.3 is 10.6 Å². The molecule has 18 heavy (non-hydrogen) atoms. The van der Waals surface area contributed by atoms with Crippen molar-refractivity contribution in [1.29, 1.82) is 0 Å². The molecule has 0 spiro atoms. The Kier molecular flexibility index (Phi) is 3.38. The summed E-state index contributed by atoms with van der Waals surface area (Å²) in [4.78, 5) is 23.1. The number of non-ortho nitro benzene ring substituents is 1. The second-order valence-electron chi connectivity index (χ2n) is 4.23. The summed E-state index contributed by atoms with van der Waals surface area (Å²) in [5.74, 6) is -0.508. The molecule has 96 valence electrons. The van der Waals surface area contributed by atoms with Crippen LogP contribution in [0.2, 0.25) is 5.02 Å². The van der Waals surface area contributed by atoms with Crippen LogP contribution in [-0.2, 0) is 4.79 Å². The summed E-state index contributed by atoms with van der Waals surface area (Å²) in [6.45, 7) is 1.18. The third-order valence-corrected chi connectivity index (χ3v) is 3.38. The molecule has 1 aromatic rings. The topological polar surface area (TPSA) is 89.5 Å². The van der Waals surface area contributed by atoms with Crippen molar-refractivity contribution in [3.8, 4) is 0 Å².